The van der Waals surface area contributed by atoms with E-state index < -0.39 is 11.9 Å². The number of ether oxygens (including phenoxy) is 1. The van der Waals surface area contributed by atoms with E-state index in [-0.39, 0.29) is 11.7 Å². The summed E-state index contributed by atoms with van der Waals surface area (Å²) in [5.41, 5.74) is 5.59. The zero-order valence-corrected chi connectivity index (χ0v) is 21.6. The van der Waals surface area contributed by atoms with Crippen molar-refractivity contribution < 1.29 is 19.1 Å². The second kappa shape index (κ2) is 12.2. The summed E-state index contributed by atoms with van der Waals surface area (Å²) in [6, 6.07) is 24.5. The maximum absolute atomic E-state index is 12.5. The number of hydrazone groups is 1. The monoisotopic (exact) mass is 545 g/mol. The molecule has 38 heavy (non-hydrogen) atoms. The third-order valence-electron chi connectivity index (χ3n) is 5.34. The summed E-state index contributed by atoms with van der Waals surface area (Å²) in [6.45, 7) is 1.95. The Hall–Kier alpha value is -4.46. The quantitative estimate of drug-likeness (QED) is 0.119. The number of carbonyl (C=O) groups excluding carboxylic acids is 3. The fourth-order valence-corrected chi connectivity index (χ4v) is 3.60. The van der Waals surface area contributed by atoms with E-state index in [9.17, 15) is 14.4 Å². The average molecular weight is 546 g/mol. The average Bonchev–Trinajstić information content (AvgIpc) is 2.91. The molecule has 0 aliphatic heterocycles. The van der Waals surface area contributed by atoms with E-state index in [1.54, 1.807) is 72.8 Å². The van der Waals surface area contributed by atoms with Crippen LogP contribution in [-0.4, -0.2) is 24.0 Å². The van der Waals surface area contributed by atoms with Crippen molar-refractivity contribution in [3.63, 3.8) is 0 Å². The van der Waals surface area contributed by atoms with E-state index >= 15 is 0 Å². The summed E-state index contributed by atoms with van der Waals surface area (Å²) in [4.78, 5) is 37.4. The number of benzene rings is 4. The van der Waals surface area contributed by atoms with Gasteiger partial charge in [-0.2, -0.15) is 5.10 Å². The van der Waals surface area contributed by atoms with Crippen LogP contribution in [-0.2, 0) is 0 Å². The summed E-state index contributed by atoms with van der Waals surface area (Å²) in [5.74, 6) is -1.10. The van der Waals surface area contributed by atoms with Crippen LogP contribution in [0.1, 0.15) is 42.2 Å². The maximum atomic E-state index is 12.5. The molecular weight excluding hydrogens is 525 g/mol. The molecule has 4 rings (SSSR count). The minimum Gasteiger partial charge on any atom is -0.422 e. The minimum absolute atomic E-state index is 0.209. The van der Waals surface area contributed by atoms with Crippen molar-refractivity contribution in [2.24, 2.45) is 5.10 Å². The zero-order chi connectivity index (χ0) is 27.1. The van der Waals surface area contributed by atoms with Crippen molar-refractivity contribution in [3.8, 4) is 5.75 Å². The van der Waals surface area contributed by atoms with E-state index in [2.05, 4.69) is 15.8 Å². The summed E-state index contributed by atoms with van der Waals surface area (Å²) in [6.07, 6.45) is 1.32. The Kier molecular flexibility index (Phi) is 8.53. The van der Waals surface area contributed by atoms with Crippen molar-refractivity contribution >= 4 is 52.9 Å². The van der Waals surface area contributed by atoms with Gasteiger partial charge in [0.2, 0.25) is 0 Å². The second-order valence-corrected chi connectivity index (χ2v) is 9.05. The van der Waals surface area contributed by atoms with Gasteiger partial charge in [-0.3, -0.25) is 9.59 Å². The van der Waals surface area contributed by atoms with Crippen LogP contribution in [0.2, 0.25) is 10.0 Å². The van der Waals surface area contributed by atoms with Crippen molar-refractivity contribution in [1.82, 2.24) is 5.43 Å². The number of nitrogens with one attached hydrogen (secondary N) is 2. The highest BCUT2D eigenvalue weighted by molar-refractivity contribution is 6.31. The van der Waals surface area contributed by atoms with Crippen LogP contribution in [0, 0.1) is 6.92 Å². The molecule has 0 atom stereocenters. The highest BCUT2D eigenvalue weighted by atomic mass is 35.5. The predicted molar refractivity (Wildman–Crippen MR) is 148 cm³/mol. The zero-order valence-electron chi connectivity index (χ0n) is 20.1. The first-order valence-electron chi connectivity index (χ1n) is 11.4. The molecule has 0 aliphatic carbocycles. The maximum Gasteiger partial charge on any atom is 0.343 e. The van der Waals surface area contributed by atoms with Crippen molar-refractivity contribution in [2.75, 3.05) is 5.32 Å². The van der Waals surface area contributed by atoms with Crippen LogP contribution in [0.3, 0.4) is 0 Å². The molecule has 4 aromatic carbocycles. The lowest BCUT2D eigenvalue weighted by molar-refractivity contribution is 0.0734. The standard InChI is InChI=1S/C29H21Cl2N3O4/c1-18-2-4-19(5-3-18)27(35)33-25-13-8-20(9-14-25)28(36)34-32-17-22-16-24(31)12-15-26(22)38-29(37)21-6-10-23(30)11-7-21/h2-17H,1H3,(H,33,35)(H,34,36)/b32-17+. The molecule has 0 radical (unpaired) electrons. The fourth-order valence-electron chi connectivity index (χ4n) is 3.30. The van der Waals surface area contributed by atoms with Crippen molar-refractivity contribution in [2.45, 2.75) is 6.92 Å². The molecule has 0 aliphatic rings. The molecule has 0 fully saturated rings. The van der Waals surface area contributed by atoms with Gasteiger partial charge < -0.3 is 10.1 Å². The summed E-state index contributed by atoms with van der Waals surface area (Å²) >= 11 is 12.0. The molecule has 2 N–H and O–H groups in total. The number of esters is 1. The predicted octanol–water partition coefficient (Wildman–Crippen LogP) is 6.54. The molecule has 0 heterocycles. The Morgan fingerprint density at radius 1 is 0.737 bits per heavy atom. The number of carbonyl (C=O) groups is 3. The second-order valence-electron chi connectivity index (χ2n) is 8.18. The SMILES string of the molecule is Cc1ccc(C(=O)Nc2ccc(C(=O)N/N=C/c3cc(Cl)ccc3OC(=O)c3ccc(Cl)cc3)cc2)cc1. The first-order valence-corrected chi connectivity index (χ1v) is 12.1. The van der Waals surface area contributed by atoms with Crippen LogP contribution in [0.15, 0.2) is 96.1 Å². The molecular formula is C29H21Cl2N3O4. The van der Waals surface area contributed by atoms with Gasteiger partial charge in [-0.1, -0.05) is 40.9 Å². The molecule has 0 bridgehead atoms. The number of halogens is 2. The fraction of sp³-hybridized carbons (Fsp3) is 0.0345. The van der Waals surface area contributed by atoms with E-state index in [1.165, 1.54) is 12.3 Å². The number of hydrogen-bond acceptors (Lipinski definition) is 5. The number of amides is 2. The van der Waals surface area contributed by atoms with Crippen LogP contribution >= 0.6 is 23.2 Å². The molecule has 190 valence electrons. The lowest BCUT2D eigenvalue weighted by Crippen LogP contribution is -2.18. The molecule has 0 saturated heterocycles. The topological polar surface area (TPSA) is 96.9 Å². The van der Waals surface area contributed by atoms with Gasteiger partial charge in [0, 0.05) is 32.4 Å². The van der Waals surface area contributed by atoms with Gasteiger partial charge in [-0.05, 0) is 85.8 Å². The lowest BCUT2D eigenvalue weighted by Gasteiger charge is -2.08. The lowest BCUT2D eigenvalue weighted by atomic mass is 10.1. The van der Waals surface area contributed by atoms with Gasteiger partial charge in [-0.25, -0.2) is 10.2 Å². The van der Waals surface area contributed by atoms with Crippen LogP contribution in [0.4, 0.5) is 5.69 Å². The van der Waals surface area contributed by atoms with Gasteiger partial charge in [0.15, 0.2) is 0 Å². The molecule has 7 nitrogen and oxygen atoms in total. The van der Waals surface area contributed by atoms with Crippen molar-refractivity contribution in [3.05, 3.63) is 129 Å². The van der Waals surface area contributed by atoms with E-state index in [0.717, 1.165) is 5.56 Å². The van der Waals surface area contributed by atoms with E-state index in [4.69, 9.17) is 27.9 Å². The van der Waals surface area contributed by atoms with Gasteiger partial charge in [0.05, 0.1) is 11.8 Å². The minimum atomic E-state index is -0.586. The Balaban J connectivity index is 1.38. The molecule has 0 unspecified atom stereocenters. The van der Waals surface area contributed by atoms with Crippen LogP contribution in [0.25, 0.3) is 0 Å². The smallest absolute Gasteiger partial charge is 0.343 e. The Bertz CT molecular complexity index is 1500. The third-order valence-corrected chi connectivity index (χ3v) is 5.83. The Morgan fingerprint density at radius 3 is 2.00 bits per heavy atom. The molecule has 4 aromatic rings. The Labute approximate surface area is 229 Å². The highest BCUT2D eigenvalue weighted by Gasteiger charge is 2.12. The molecule has 9 heteroatoms. The number of anilines is 1. The van der Waals surface area contributed by atoms with Gasteiger partial charge >= 0.3 is 5.97 Å². The number of rotatable bonds is 7. The van der Waals surface area contributed by atoms with Gasteiger partial charge in [0.1, 0.15) is 5.75 Å². The number of aryl methyl sites for hydroxylation is 1. The number of nitrogens with zero attached hydrogens (tertiary/aromatic N) is 1. The highest BCUT2D eigenvalue weighted by Crippen LogP contribution is 2.23. The van der Waals surface area contributed by atoms with Gasteiger partial charge in [-0.15, -0.1) is 0 Å². The molecule has 0 saturated carbocycles. The van der Waals surface area contributed by atoms with Gasteiger partial charge in [0.25, 0.3) is 11.8 Å². The first-order chi connectivity index (χ1) is 18.3. The normalized spacial score (nSPS) is 10.7. The summed E-state index contributed by atoms with van der Waals surface area (Å²) < 4.78 is 5.47. The van der Waals surface area contributed by atoms with E-state index in [0.29, 0.717) is 38.0 Å². The van der Waals surface area contributed by atoms with E-state index in [1.807, 2.05) is 19.1 Å². The largest absolute Gasteiger partial charge is 0.422 e. The molecule has 0 aromatic heterocycles. The summed E-state index contributed by atoms with van der Waals surface area (Å²) in [7, 11) is 0. The first kappa shape index (κ1) is 26.6. The van der Waals surface area contributed by atoms with Crippen LogP contribution in [0.5, 0.6) is 5.75 Å². The summed E-state index contributed by atoms with van der Waals surface area (Å²) in [5, 5.41) is 7.65. The number of hydrogen-bond donors (Lipinski definition) is 2. The third kappa shape index (κ3) is 7.06. The molecule has 2 amide bonds. The van der Waals surface area contributed by atoms with Crippen molar-refractivity contribution in [1.29, 1.82) is 0 Å². The van der Waals surface area contributed by atoms with Crippen LogP contribution < -0.4 is 15.5 Å². The Morgan fingerprint density at radius 2 is 1.32 bits per heavy atom. The molecule has 0 spiro atoms.